The maximum Gasteiger partial charge on any atom is 0.268 e. The summed E-state index contributed by atoms with van der Waals surface area (Å²) in [6.07, 6.45) is -1.14. The Labute approximate surface area is 92.8 Å². The highest BCUT2D eigenvalue weighted by atomic mass is 19.1. The van der Waals surface area contributed by atoms with Crippen LogP contribution in [0.25, 0.3) is 0 Å². The number of benzene rings is 1. The van der Waals surface area contributed by atoms with Crippen molar-refractivity contribution < 1.29 is 14.3 Å². The van der Waals surface area contributed by atoms with Crippen molar-refractivity contribution in [2.75, 3.05) is 0 Å². The molecule has 0 spiro atoms. The number of carbonyl (C=O) groups is 1. The molecule has 5 heteroatoms. The fourth-order valence-corrected chi connectivity index (χ4v) is 1.05. The van der Waals surface area contributed by atoms with E-state index >= 15 is 0 Å². The van der Waals surface area contributed by atoms with E-state index in [1.165, 1.54) is 13.0 Å². The van der Waals surface area contributed by atoms with Gasteiger partial charge in [-0.05, 0) is 19.9 Å². The number of nitrogens with one attached hydrogen (secondary N) is 1. The second-order valence-electron chi connectivity index (χ2n) is 3.33. The van der Waals surface area contributed by atoms with Gasteiger partial charge in [-0.1, -0.05) is 18.2 Å². The van der Waals surface area contributed by atoms with E-state index in [2.05, 4.69) is 10.5 Å². The summed E-state index contributed by atoms with van der Waals surface area (Å²) in [7, 11) is 0. The van der Waals surface area contributed by atoms with E-state index in [-0.39, 0.29) is 0 Å². The lowest BCUT2D eigenvalue weighted by atomic mass is 10.1. The average Bonchev–Trinajstić information content (AvgIpc) is 2.25. The van der Waals surface area contributed by atoms with E-state index < -0.39 is 17.8 Å². The van der Waals surface area contributed by atoms with Crippen LogP contribution in [0.5, 0.6) is 0 Å². The molecule has 1 aromatic carbocycles. The highest BCUT2D eigenvalue weighted by Crippen LogP contribution is 2.07. The van der Waals surface area contributed by atoms with Crippen molar-refractivity contribution in [3.63, 3.8) is 0 Å². The van der Waals surface area contributed by atoms with Gasteiger partial charge in [0.2, 0.25) is 0 Å². The number of nitrogens with zero attached hydrogens (tertiary/aromatic N) is 1. The second kappa shape index (κ2) is 5.37. The summed E-state index contributed by atoms with van der Waals surface area (Å²) < 4.78 is 13.3. The van der Waals surface area contributed by atoms with Crippen LogP contribution in [-0.2, 0) is 4.79 Å². The van der Waals surface area contributed by atoms with Crippen LogP contribution in [0.3, 0.4) is 0 Å². The fraction of sp³-hybridized carbons (Fsp3) is 0.273. The molecule has 1 atom stereocenters. The van der Waals surface area contributed by atoms with Crippen LogP contribution >= 0.6 is 0 Å². The van der Waals surface area contributed by atoms with Crippen molar-refractivity contribution in [2.24, 2.45) is 5.10 Å². The molecule has 0 saturated heterocycles. The lowest BCUT2D eigenvalue weighted by Gasteiger charge is -2.04. The molecular weight excluding hydrogens is 211 g/mol. The predicted molar refractivity (Wildman–Crippen MR) is 58.4 cm³/mol. The van der Waals surface area contributed by atoms with Crippen LogP contribution in [0.2, 0.25) is 0 Å². The smallest absolute Gasteiger partial charge is 0.268 e. The molecule has 0 aliphatic carbocycles. The summed E-state index contributed by atoms with van der Waals surface area (Å²) in [6.45, 7) is 2.89. The van der Waals surface area contributed by atoms with Crippen molar-refractivity contribution in [3.05, 3.63) is 35.6 Å². The maximum atomic E-state index is 13.3. The summed E-state index contributed by atoms with van der Waals surface area (Å²) in [4.78, 5) is 11.0. The average molecular weight is 224 g/mol. The number of amides is 1. The summed E-state index contributed by atoms with van der Waals surface area (Å²) in [6, 6.07) is 6.11. The molecule has 4 nitrogen and oxygen atoms in total. The number of hydrogen-bond donors (Lipinski definition) is 2. The first-order chi connectivity index (χ1) is 7.52. The first-order valence-corrected chi connectivity index (χ1v) is 4.79. The van der Waals surface area contributed by atoms with Crippen LogP contribution in [0.4, 0.5) is 4.39 Å². The van der Waals surface area contributed by atoms with E-state index in [1.807, 2.05) is 0 Å². The molecule has 0 bridgehead atoms. The Bertz CT molecular complexity index is 416. The molecule has 2 N–H and O–H groups in total. The number of carbonyl (C=O) groups excluding carboxylic acids is 1. The van der Waals surface area contributed by atoms with Crippen LogP contribution in [0.1, 0.15) is 19.4 Å². The van der Waals surface area contributed by atoms with Gasteiger partial charge in [0.15, 0.2) is 0 Å². The molecule has 0 aliphatic rings. The standard InChI is InChI=1S/C11H13FN2O2/c1-7(13-14-11(16)8(2)15)9-5-3-4-6-10(9)12/h3-6,8,15H,1-2H3,(H,14,16). The number of hydrogen-bond acceptors (Lipinski definition) is 3. The van der Waals surface area contributed by atoms with Gasteiger partial charge >= 0.3 is 0 Å². The van der Waals surface area contributed by atoms with Crippen molar-refractivity contribution in [3.8, 4) is 0 Å². The Hall–Kier alpha value is -1.75. The van der Waals surface area contributed by atoms with Gasteiger partial charge in [0.25, 0.3) is 5.91 Å². The minimum Gasteiger partial charge on any atom is -0.383 e. The van der Waals surface area contributed by atoms with Crippen LogP contribution in [0, 0.1) is 5.82 Å². The molecule has 0 radical (unpaired) electrons. The molecule has 0 aromatic heterocycles. The first-order valence-electron chi connectivity index (χ1n) is 4.79. The summed E-state index contributed by atoms with van der Waals surface area (Å²) in [5, 5.41) is 12.6. The molecule has 0 fully saturated rings. The van der Waals surface area contributed by atoms with Crippen molar-refractivity contribution in [1.82, 2.24) is 5.43 Å². The molecule has 0 saturated carbocycles. The molecule has 1 unspecified atom stereocenters. The third kappa shape index (κ3) is 3.13. The van der Waals surface area contributed by atoms with E-state index in [0.717, 1.165) is 0 Å². The molecule has 1 aromatic rings. The monoisotopic (exact) mass is 224 g/mol. The van der Waals surface area contributed by atoms with Crippen molar-refractivity contribution in [2.45, 2.75) is 20.0 Å². The largest absolute Gasteiger partial charge is 0.383 e. The topological polar surface area (TPSA) is 61.7 Å². The number of rotatable bonds is 3. The fourth-order valence-electron chi connectivity index (χ4n) is 1.05. The SMILES string of the molecule is CC(=NNC(=O)C(C)O)c1ccccc1F. The number of aliphatic hydroxyl groups is 1. The quantitative estimate of drug-likeness (QED) is 0.595. The molecule has 0 heterocycles. The predicted octanol–water partition coefficient (Wildman–Crippen LogP) is 1.05. The van der Waals surface area contributed by atoms with Gasteiger partial charge < -0.3 is 5.11 Å². The Balaban J connectivity index is 2.79. The highest BCUT2D eigenvalue weighted by Gasteiger charge is 2.08. The minimum absolute atomic E-state index is 0.313. The lowest BCUT2D eigenvalue weighted by Crippen LogP contribution is -2.29. The molecule has 16 heavy (non-hydrogen) atoms. The zero-order valence-corrected chi connectivity index (χ0v) is 9.07. The summed E-state index contributed by atoms with van der Waals surface area (Å²) >= 11 is 0. The van der Waals surface area contributed by atoms with Gasteiger partial charge in [-0.25, -0.2) is 9.82 Å². The van der Waals surface area contributed by atoms with Crippen LogP contribution in [0.15, 0.2) is 29.4 Å². The Morgan fingerprint density at radius 1 is 1.50 bits per heavy atom. The lowest BCUT2D eigenvalue weighted by molar-refractivity contribution is -0.128. The summed E-state index contributed by atoms with van der Waals surface area (Å²) in [5.74, 6) is -1.04. The molecule has 0 aliphatic heterocycles. The number of hydrazone groups is 1. The third-order valence-electron chi connectivity index (χ3n) is 1.98. The number of aliphatic hydroxyl groups excluding tert-OH is 1. The van der Waals surface area contributed by atoms with Gasteiger partial charge in [-0.2, -0.15) is 5.10 Å². The third-order valence-corrected chi connectivity index (χ3v) is 1.98. The van der Waals surface area contributed by atoms with Crippen LogP contribution in [-0.4, -0.2) is 22.8 Å². The molecule has 1 amide bonds. The van der Waals surface area contributed by atoms with Gasteiger partial charge in [0.1, 0.15) is 11.9 Å². The van der Waals surface area contributed by atoms with E-state index in [0.29, 0.717) is 11.3 Å². The van der Waals surface area contributed by atoms with E-state index in [9.17, 15) is 9.18 Å². The van der Waals surface area contributed by atoms with Gasteiger partial charge in [0, 0.05) is 5.56 Å². The normalized spacial score (nSPS) is 13.4. The second-order valence-corrected chi connectivity index (χ2v) is 3.33. The minimum atomic E-state index is -1.14. The van der Waals surface area contributed by atoms with Crippen LogP contribution < -0.4 is 5.43 Å². The highest BCUT2D eigenvalue weighted by molar-refractivity contribution is 5.99. The summed E-state index contributed by atoms with van der Waals surface area (Å²) in [5.41, 5.74) is 2.79. The molecular formula is C11H13FN2O2. The van der Waals surface area contributed by atoms with Gasteiger partial charge in [-0.15, -0.1) is 0 Å². The maximum absolute atomic E-state index is 13.3. The number of halogens is 1. The molecule has 1 rings (SSSR count). The molecule has 86 valence electrons. The van der Waals surface area contributed by atoms with Gasteiger partial charge in [-0.3, -0.25) is 4.79 Å². The van der Waals surface area contributed by atoms with Gasteiger partial charge in [0.05, 0.1) is 5.71 Å². The van der Waals surface area contributed by atoms with E-state index in [4.69, 9.17) is 5.11 Å². The van der Waals surface area contributed by atoms with Crippen molar-refractivity contribution >= 4 is 11.6 Å². The first kappa shape index (κ1) is 12.3. The van der Waals surface area contributed by atoms with Crippen molar-refractivity contribution in [1.29, 1.82) is 0 Å². The van der Waals surface area contributed by atoms with E-state index in [1.54, 1.807) is 25.1 Å². The Morgan fingerprint density at radius 3 is 2.69 bits per heavy atom. The Morgan fingerprint density at radius 2 is 2.12 bits per heavy atom. The zero-order chi connectivity index (χ0) is 12.1. The Kier molecular flexibility index (Phi) is 4.13. The zero-order valence-electron chi connectivity index (χ0n) is 9.07.